The van der Waals surface area contributed by atoms with Crippen LogP contribution in [0.1, 0.15) is 24.1 Å². The van der Waals surface area contributed by atoms with Crippen molar-refractivity contribution in [2.24, 2.45) is 5.73 Å². The lowest BCUT2D eigenvalue weighted by Gasteiger charge is -2.25. The lowest BCUT2D eigenvalue weighted by Crippen LogP contribution is -2.32. The van der Waals surface area contributed by atoms with E-state index >= 15 is 0 Å². The number of pyridine rings is 1. The van der Waals surface area contributed by atoms with Crippen LogP contribution in [0.2, 0.25) is 0 Å². The van der Waals surface area contributed by atoms with Gasteiger partial charge in [-0.1, -0.05) is 0 Å². The second kappa shape index (κ2) is 6.16. The highest BCUT2D eigenvalue weighted by Crippen LogP contribution is 2.19. The number of aryl methyl sites for hydroxylation is 1. The van der Waals surface area contributed by atoms with Crippen molar-refractivity contribution in [3.8, 4) is 0 Å². The third kappa shape index (κ3) is 3.21. The number of rotatable bonds is 5. The Morgan fingerprint density at radius 3 is 2.78 bits per heavy atom. The SMILES string of the molecule is Cc1cc(N(C)CCN2CCCC2)c(CN)cn1. The number of nitrogens with two attached hydrogens (primary N) is 1. The van der Waals surface area contributed by atoms with Crippen LogP contribution >= 0.6 is 0 Å². The lowest BCUT2D eigenvalue weighted by atomic mass is 10.2. The van der Waals surface area contributed by atoms with E-state index in [1.165, 1.54) is 31.6 Å². The average molecular weight is 248 g/mol. The topological polar surface area (TPSA) is 45.4 Å². The quantitative estimate of drug-likeness (QED) is 0.855. The van der Waals surface area contributed by atoms with E-state index in [9.17, 15) is 0 Å². The fraction of sp³-hybridized carbons (Fsp3) is 0.643. The molecule has 2 heterocycles. The van der Waals surface area contributed by atoms with Crippen LogP contribution < -0.4 is 10.6 Å². The summed E-state index contributed by atoms with van der Waals surface area (Å²) in [6.45, 7) is 7.28. The number of hydrogen-bond acceptors (Lipinski definition) is 4. The summed E-state index contributed by atoms with van der Waals surface area (Å²) in [6, 6.07) is 2.13. The maximum Gasteiger partial charge on any atom is 0.0443 e. The second-order valence-corrected chi connectivity index (χ2v) is 5.13. The van der Waals surface area contributed by atoms with Gasteiger partial charge in [0.2, 0.25) is 0 Å². The molecule has 4 nitrogen and oxygen atoms in total. The molecule has 2 rings (SSSR count). The second-order valence-electron chi connectivity index (χ2n) is 5.13. The van der Waals surface area contributed by atoms with E-state index < -0.39 is 0 Å². The lowest BCUT2D eigenvalue weighted by molar-refractivity contribution is 0.346. The van der Waals surface area contributed by atoms with Crippen LogP contribution in [0.25, 0.3) is 0 Å². The van der Waals surface area contributed by atoms with Crippen molar-refractivity contribution in [1.29, 1.82) is 0 Å². The van der Waals surface area contributed by atoms with Gasteiger partial charge in [-0.3, -0.25) is 4.98 Å². The summed E-state index contributed by atoms with van der Waals surface area (Å²) in [7, 11) is 2.14. The maximum atomic E-state index is 5.78. The van der Waals surface area contributed by atoms with E-state index in [0.717, 1.165) is 24.3 Å². The normalized spacial score (nSPS) is 16.2. The summed E-state index contributed by atoms with van der Waals surface area (Å²) in [6.07, 6.45) is 4.61. The molecule has 0 spiro atoms. The number of aromatic nitrogens is 1. The zero-order chi connectivity index (χ0) is 13.0. The van der Waals surface area contributed by atoms with Crippen molar-refractivity contribution in [2.75, 3.05) is 38.1 Å². The predicted molar refractivity (Wildman–Crippen MR) is 75.8 cm³/mol. The van der Waals surface area contributed by atoms with Crippen LogP contribution in [-0.4, -0.2) is 43.1 Å². The van der Waals surface area contributed by atoms with Crippen molar-refractivity contribution in [3.63, 3.8) is 0 Å². The first-order chi connectivity index (χ1) is 8.70. The number of likely N-dealkylation sites (N-methyl/N-ethyl adjacent to an activating group) is 1. The number of nitrogens with zero attached hydrogens (tertiary/aromatic N) is 3. The van der Waals surface area contributed by atoms with Crippen LogP contribution in [0.3, 0.4) is 0 Å². The van der Waals surface area contributed by atoms with E-state index in [1.807, 2.05) is 13.1 Å². The molecule has 18 heavy (non-hydrogen) atoms. The Hall–Kier alpha value is -1.13. The molecule has 0 atom stereocenters. The van der Waals surface area contributed by atoms with E-state index in [0.29, 0.717) is 6.54 Å². The Morgan fingerprint density at radius 1 is 1.39 bits per heavy atom. The van der Waals surface area contributed by atoms with Crippen molar-refractivity contribution in [2.45, 2.75) is 26.3 Å². The van der Waals surface area contributed by atoms with Crippen molar-refractivity contribution < 1.29 is 0 Å². The zero-order valence-corrected chi connectivity index (χ0v) is 11.5. The minimum atomic E-state index is 0.552. The Bertz CT molecular complexity index is 385. The molecule has 0 bridgehead atoms. The van der Waals surface area contributed by atoms with Crippen LogP contribution in [0.5, 0.6) is 0 Å². The fourth-order valence-corrected chi connectivity index (χ4v) is 2.50. The minimum absolute atomic E-state index is 0.552. The Labute approximate surface area is 110 Å². The molecule has 1 fully saturated rings. The molecule has 100 valence electrons. The Kier molecular flexibility index (Phi) is 4.55. The van der Waals surface area contributed by atoms with E-state index in [4.69, 9.17) is 5.73 Å². The molecular formula is C14H24N4. The van der Waals surface area contributed by atoms with Gasteiger partial charge in [-0.2, -0.15) is 0 Å². The fourth-order valence-electron chi connectivity index (χ4n) is 2.50. The van der Waals surface area contributed by atoms with E-state index in [-0.39, 0.29) is 0 Å². The summed E-state index contributed by atoms with van der Waals surface area (Å²) in [5.74, 6) is 0. The number of hydrogen-bond donors (Lipinski definition) is 1. The molecule has 1 saturated heterocycles. The van der Waals surface area contributed by atoms with E-state index in [2.05, 4.69) is 27.9 Å². The standard InChI is InChI=1S/C14H24N4/c1-12-9-14(13(10-15)11-16-12)17(2)7-8-18-5-3-4-6-18/h9,11H,3-8,10,15H2,1-2H3. The summed E-state index contributed by atoms with van der Waals surface area (Å²) in [5, 5.41) is 0. The molecule has 0 aliphatic carbocycles. The third-order valence-electron chi connectivity index (χ3n) is 3.68. The first-order valence-corrected chi connectivity index (χ1v) is 6.80. The number of anilines is 1. The van der Waals surface area contributed by atoms with Crippen molar-refractivity contribution >= 4 is 5.69 Å². The van der Waals surface area contributed by atoms with Gasteiger partial charge in [0, 0.05) is 49.8 Å². The summed E-state index contributed by atoms with van der Waals surface area (Å²) < 4.78 is 0. The molecular weight excluding hydrogens is 224 g/mol. The van der Waals surface area contributed by atoms with Crippen LogP contribution in [0.15, 0.2) is 12.3 Å². The number of likely N-dealkylation sites (tertiary alicyclic amines) is 1. The molecule has 0 saturated carbocycles. The molecule has 4 heteroatoms. The summed E-state index contributed by atoms with van der Waals surface area (Å²) >= 11 is 0. The zero-order valence-electron chi connectivity index (χ0n) is 11.5. The highest BCUT2D eigenvalue weighted by molar-refractivity contribution is 5.53. The molecule has 0 radical (unpaired) electrons. The Morgan fingerprint density at radius 2 is 2.11 bits per heavy atom. The Balaban J connectivity index is 1.98. The van der Waals surface area contributed by atoms with Gasteiger partial charge in [-0.15, -0.1) is 0 Å². The maximum absolute atomic E-state index is 5.78. The van der Waals surface area contributed by atoms with E-state index in [1.54, 1.807) is 0 Å². The molecule has 1 aliphatic rings. The first kappa shape index (κ1) is 13.3. The smallest absolute Gasteiger partial charge is 0.0443 e. The summed E-state index contributed by atoms with van der Waals surface area (Å²) in [5.41, 5.74) is 9.19. The molecule has 0 unspecified atom stereocenters. The molecule has 0 amide bonds. The molecule has 1 aromatic rings. The molecule has 1 aromatic heterocycles. The van der Waals surface area contributed by atoms with Gasteiger partial charge in [-0.05, 0) is 38.9 Å². The predicted octanol–water partition coefficient (Wildman–Crippen LogP) is 1.38. The van der Waals surface area contributed by atoms with Crippen molar-refractivity contribution in [3.05, 3.63) is 23.5 Å². The van der Waals surface area contributed by atoms with Gasteiger partial charge in [0.1, 0.15) is 0 Å². The highest BCUT2D eigenvalue weighted by atomic mass is 15.2. The van der Waals surface area contributed by atoms with Gasteiger partial charge in [0.15, 0.2) is 0 Å². The third-order valence-corrected chi connectivity index (χ3v) is 3.68. The highest BCUT2D eigenvalue weighted by Gasteiger charge is 2.13. The first-order valence-electron chi connectivity index (χ1n) is 6.80. The molecule has 1 aliphatic heterocycles. The summed E-state index contributed by atoms with van der Waals surface area (Å²) in [4.78, 5) is 9.15. The van der Waals surface area contributed by atoms with Gasteiger partial charge >= 0.3 is 0 Å². The van der Waals surface area contributed by atoms with Crippen LogP contribution in [0.4, 0.5) is 5.69 Å². The molecule has 2 N–H and O–H groups in total. The van der Waals surface area contributed by atoms with Gasteiger partial charge < -0.3 is 15.5 Å². The largest absolute Gasteiger partial charge is 0.373 e. The monoisotopic (exact) mass is 248 g/mol. The van der Waals surface area contributed by atoms with Gasteiger partial charge in [0.25, 0.3) is 0 Å². The average Bonchev–Trinajstić information content (AvgIpc) is 2.89. The minimum Gasteiger partial charge on any atom is -0.373 e. The van der Waals surface area contributed by atoms with Crippen LogP contribution in [0, 0.1) is 6.92 Å². The van der Waals surface area contributed by atoms with Crippen molar-refractivity contribution in [1.82, 2.24) is 9.88 Å². The van der Waals surface area contributed by atoms with Crippen LogP contribution in [-0.2, 0) is 6.54 Å². The van der Waals surface area contributed by atoms with Gasteiger partial charge in [0.05, 0.1) is 0 Å². The molecule has 0 aromatic carbocycles. The van der Waals surface area contributed by atoms with Gasteiger partial charge in [-0.25, -0.2) is 0 Å².